The van der Waals surface area contributed by atoms with Crippen molar-refractivity contribution in [1.82, 2.24) is 5.32 Å². The van der Waals surface area contributed by atoms with Crippen molar-refractivity contribution in [3.63, 3.8) is 0 Å². The number of ketones is 1. The van der Waals surface area contributed by atoms with Gasteiger partial charge in [0.2, 0.25) is 0 Å². The summed E-state index contributed by atoms with van der Waals surface area (Å²) in [5, 5.41) is 3.41. The number of carbonyl (C=O) groups excluding carboxylic acids is 1. The number of hydrogen-bond donors (Lipinski definition) is 1. The first-order valence-corrected chi connectivity index (χ1v) is 7.96. The van der Waals surface area contributed by atoms with E-state index in [0.29, 0.717) is 24.0 Å². The molecule has 2 aromatic carbocycles. The van der Waals surface area contributed by atoms with Crippen LogP contribution in [-0.4, -0.2) is 25.0 Å². The van der Waals surface area contributed by atoms with E-state index in [1.54, 1.807) is 31.2 Å². The monoisotopic (exact) mass is 347 g/mol. The maximum atomic E-state index is 11.3. The Labute approximate surface area is 148 Å². The average Bonchev–Trinajstić information content (AvgIpc) is 3.08. The number of nitrogens with one attached hydrogen (secondary N) is 1. The molecule has 4 nitrogen and oxygen atoms in total. The fourth-order valence-corrected chi connectivity index (χ4v) is 2.59. The van der Waals surface area contributed by atoms with Crippen molar-refractivity contribution in [1.29, 1.82) is 0 Å². The molecular formula is C19H22ClNO3. The van der Waals surface area contributed by atoms with Crippen molar-refractivity contribution in [3.8, 4) is 17.2 Å². The summed E-state index contributed by atoms with van der Waals surface area (Å²) in [7, 11) is 0. The SMILES string of the molecule is CC(=O)c1ccc(Oc2ccc(OC[C@H]3CCCN3)cc2)cc1.Cl. The number of benzene rings is 2. The Bertz CT molecular complexity index is 649. The zero-order valence-electron chi connectivity index (χ0n) is 13.7. The molecule has 0 bridgehead atoms. The minimum absolute atomic E-state index is 0. The molecule has 0 unspecified atom stereocenters. The van der Waals surface area contributed by atoms with Crippen molar-refractivity contribution < 1.29 is 14.3 Å². The van der Waals surface area contributed by atoms with Gasteiger partial charge < -0.3 is 14.8 Å². The largest absolute Gasteiger partial charge is 0.492 e. The summed E-state index contributed by atoms with van der Waals surface area (Å²) < 4.78 is 11.5. The maximum absolute atomic E-state index is 11.3. The minimum atomic E-state index is 0. The van der Waals surface area contributed by atoms with Gasteiger partial charge in [-0.3, -0.25) is 4.79 Å². The normalized spacial score (nSPS) is 16.3. The highest BCUT2D eigenvalue weighted by Gasteiger charge is 2.14. The summed E-state index contributed by atoms with van der Waals surface area (Å²) in [4.78, 5) is 11.3. The lowest BCUT2D eigenvalue weighted by Gasteiger charge is -2.12. The van der Waals surface area contributed by atoms with E-state index in [9.17, 15) is 4.79 Å². The molecule has 1 fully saturated rings. The number of halogens is 1. The van der Waals surface area contributed by atoms with Crippen LogP contribution in [0.1, 0.15) is 30.1 Å². The summed E-state index contributed by atoms with van der Waals surface area (Å²) in [5.74, 6) is 2.35. The van der Waals surface area contributed by atoms with Crippen LogP contribution in [0.3, 0.4) is 0 Å². The first-order valence-electron chi connectivity index (χ1n) is 7.96. The molecule has 0 aromatic heterocycles. The van der Waals surface area contributed by atoms with Crippen LogP contribution >= 0.6 is 12.4 Å². The van der Waals surface area contributed by atoms with Gasteiger partial charge in [0.05, 0.1) is 0 Å². The Hall–Kier alpha value is -2.04. The fourth-order valence-electron chi connectivity index (χ4n) is 2.59. The molecule has 2 aromatic rings. The summed E-state index contributed by atoms with van der Waals surface area (Å²) in [6.45, 7) is 3.34. The lowest BCUT2D eigenvalue weighted by Crippen LogP contribution is -2.28. The number of Topliss-reactive ketones (excluding diaryl/α,β-unsaturated/α-hetero) is 1. The first-order chi connectivity index (χ1) is 11.2. The van der Waals surface area contributed by atoms with E-state index in [0.717, 1.165) is 18.0 Å². The molecule has 24 heavy (non-hydrogen) atoms. The van der Waals surface area contributed by atoms with Gasteiger partial charge in [-0.05, 0) is 74.8 Å². The van der Waals surface area contributed by atoms with Gasteiger partial charge in [-0.15, -0.1) is 12.4 Å². The number of rotatable bonds is 6. The first kappa shape index (κ1) is 18.3. The Kier molecular flexibility index (Phi) is 6.64. The van der Waals surface area contributed by atoms with Crippen LogP contribution in [0.15, 0.2) is 48.5 Å². The predicted molar refractivity (Wildman–Crippen MR) is 96.7 cm³/mol. The van der Waals surface area contributed by atoms with Crippen molar-refractivity contribution in [2.75, 3.05) is 13.2 Å². The quantitative estimate of drug-likeness (QED) is 0.794. The zero-order valence-corrected chi connectivity index (χ0v) is 14.5. The van der Waals surface area contributed by atoms with E-state index >= 15 is 0 Å². The minimum Gasteiger partial charge on any atom is -0.492 e. The molecule has 128 valence electrons. The zero-order chi connectivity index (χ0) is 16.1. The Morgan fingerprint density at radius 1 is 1.04 bits per heavy atom. The molecule has 1 heterocycles. The topological polar surface area (TPSA) is 47.6 Å². The molecule has 0 saturated carbocycles. The van der Waals surface area contributed by atoms with E-state index in [1.165, 1.54) is 12.8 Å². The third kappa shape index (κ3) is 4.98. The van der Waals surface area contributed by atoms with Gasteiger partial charge in [0.15, 0.2) is 5.78 Å². The van der Waals surface area contributed by atoms with Crippen LogP contribution < -0.4 is 14.8 Å². The number of carbonyl (C=O) groups is 1. The molecule has 5 heteroatoms. The van der Waals surface area contributed by atoms with Gasteiger partial charge >= 0.3 is 0 Å². The smallest absolute Gasteiger partial charge is 0.159 e. The van der Waals surface area contributed by atoms with Crippen LogP contribution in [0.25, 0.3) is 0 Å². The fraction of sp³-hybridized carbons (Fsp3) is 0.316. The van der Waals surface area contributed by atoms with Crippen LogP contribution in [0.4, 0.5) is 0 Å². The van der Waals surface area contributed by atoms with Crippen LogP contribution in [-0.2, 0) is 0 Å². The summed E-state index contributed by atoms with van der Waals surface area (Å²) in [5.41, 5.74) is 0.682. The molecule has 1 N–H and O–H groups in total. The molecular weight excluding hydrogens is 326 g/mol. The summed E-state index contributed by atoms with van der Waals surface area (Å²) in [6.07, 6.45) is 2.40. The number of hydrogen-bond acceptors (Lipinski definition) is 4. The van der Waals surface area contributed by atoms with E-state index in [-0.39, 0.29) is 18.2 Å². The van der Waals surface area contributed by atoms with Crippen molar-refractivity contribution in [2.45, 2.75) is 25.8 Å². The van der Waals surface area contributed by atoms with Crippen LogP contribution in [0.2, 0.25) is 0 Å². The second-order valence-corrected chi connectivity index (χ2v) is 5.76. The van der Waals surface area contributed by atoms with Gasteiger partial charge in [-0.2, -0.15) is 0 Å². The molecule has 0 radical (unpaired) electrons. The molecule has 0 aliphatic carbocycles. The Morgan fingerprint density at radius 3 is 2.17 bits per heavy atom. The standard InChI is InChI=1S/C19H21NO3.ClH/c1-14(21)15-4-6-18(7-5-15)23-19-10-8-17(9-11-19)22-13-16-3-2-12-20-16;/h4-11,16,20H,2-3,12-13H2,1H3;1H/t16-;/m1./s1. The highest BCUT2D eigenvalue weighted by Crippen LogP contribution is 2.24. The highest BCUT2D eigenvalue weighted by atomic mass is 35.5. The second kappa shape index (κ2) is 8.71. The lowest BCUT2D eigenvalue weighted by atomic mass is 10.1. The van der Waals surface area contributed by atoms with Gasteiger partial charge in [0.1, 0.15) is 23.9 Å². The van der Waals surface area contributed by atoms with Gasteiger partial charge in [0, 0.05) is 11.6 Å². The summed E-state index contributed by atoms with van der Waals surface area (Å²) >= 11 is 0. The molecule has 0 spiro atoms. The van der Waals surface area contributed by atoms with Crippen molar-refractivity contribution in [2.24, 2.45) is 0 Å². The lowest BCUT2D eigenvalue weighted by molar-refractivity contribution is 0.101. The molecule has 0 amide bonds. The number of ether oxygens (including phenoxy) is 2. The van der Waals surface area contributed by atoms with Crippen LogP contribution in [0.5, 0.6) is 17.2 Å². The molecule has 1 aliphatic heterocycles. The van der Waals surface area contributed by atoms with Crippen molar-refractivity contribution in [3.05, 3.63) is 54.1 Å². The van der Waals surface area contributed by atoms with Gasteiger partial charge in [0.25, 0.3) is 0 Å². The third-order valence-electron chi connectivity index (χ3n) is 3.93. The highest BCUT2D eigenvalue weighted by molar-refractivity contribution is 5.94. The predicted octanol–water partition coefficient (Wildman–Crippen LogP) is 4.23. The molecule has 1 atom stereocenters. The van der Waals surface area contributed by atoms with E-state index < -0.39 is 0 Å². The van der Waals surface area contributed by atoms with Crippen molar-refractivity contribution >= 4 is 18.2 Å². The molecule has 1 saturated heterocycles. The summed E-state index contributed by atoms with van der Waals surface area (Å²) in [6, 6.07) is 15.2. The Morgan fingerprint density at radius 2 is 1.62 bits per heavy atom. The van der Waals surface area contributed by atoms with E-state index in [4.69, 9.17) is 9.47 Å². The second-order valence-electron chi connectivity index (χ2n) is 5.76. The van der Waals surface area contributed by atoms with Gasteiger partial charge in [-0.1, -0.05) is 0 Å². The molecule has 1 aliphatic rings. The van der Waals surface area contributed by atoms with E-state index in [2.05, 4.69) is 5.32 Å². The maximum Gasteiger partial charge on any atom is 0.159 e. The third-order valence-corrected chi connectivity index (χ3v) is 3.93. The molecule has 3 rings (SSSR count). The Balaban J connectivity index is 0.00000208. The average molecular weight is 348 g/mol. The van der Waals surface area contributed by atoms with Gasteiger partial charge in [-0.25, -0.2) is 0 Å². The van der Waals surface area contributed by atoms with Crippen LogP contribution in [0, 0.1) is 0 Å². The van der Waals surface area contributed by atoms with E-state index in [1.807, 2.05) is 24.3 Å².